The standard InChI is InChI=1S/C19H26O7/c1-12(20)23-14(11-22-10-13-8-6-5-7-9-13)15-16(21-4)17-18(24-15)26-19(2,3)25-17/h5-9,14-18H,10-11H2,1-4H3/t14-,15+,16+,17+,18+/m0/s1. The van der Waals surface area contributed by atoms with Gasteiger partial charge in [-0.2, -0.15) is 0 Å². The maximum absolute atomic E-state index is 11.6. The number of rotatable bonds is 7. The van der Waals surface area contributed by atoms with Crippen LogP contribution in [0.5, 0.6) is 0 Å². The number of fused-ring (bicyclic) bond motifs is 1. The van der Waals surface area contributed by atoms with Crippen molar-refractivity contribution in [1.82, 2.24) is 0 Å². The average Bonchev–Trinajstić information content (AvgIpc) is 3.05. The van der Waals surface area contributed by atoms with Crippen LogP contribution in [-0.4, -0.2) is 56.2 Å². The molecule has 5 atom stereocenters. The summed E-state index contributed by atoms with van der Waals surface area (Å²) in [5.74, 6) is -1.14. The summed E-state index contributed by atoms with van der Waals surface area (Å²) < 4.78 is 34.4. The number of hydrogen-bond donors (Lipinski definition) is 0. The van der Waals surface area contributed by atoms with Crippen LogP contribution in [0.4, 0.5) is 0 Å². The Balaban J connectivity index is 1.64. The highest BCUT2D eigenvalue weighted by atomic mass is 16.8. The number of methoxy groups -OCH3 is 1. The molecule has 3 rings (SSSR count). The van der Waals surface area contributed by atoms with Crippen LogP contribution in [0.25, 0.3) is 0 Å². The van der Waals surface area contributed by atoms with Crippen molar-refractivity contribution < 1.29 is 33.2 Å². The lowest BCUT2D eigenvalue weighted by Gasteiger charge is -2.29. The summed E-state index contributed by atoms with van der Waals surface area (Å²) in [6.07, 6.45) is -2.53. The third-order valence-corrected chi connectivity index (χ3v) is 4.38. The molecule has 7 heteroatoms. The minimum absolute atomic E-state index is 0.182. The zero-order valence-corrected chi connectivity index (χ0v) is 15.5. The zero-order valence-electron chi connectivity index (χ0n) is 15.5. The van der Waals surface area contributed by atoms with Crippen LogP contribution >= 0.6 is 0 Å². The molecule has 0 bridgehead atoms. The van der Waals surface area contributed by atoms with Crippen molar-refractivity contribution in [1.29, 1.82) is 0 Å². The lowest BCUT2D eigenvalue weighted by atomic mass is 10.1. The van der Waals surface area contributed by atoms with Crippen LogP contribution < -0.4 is 0 Å². The molecule has 0 unspecified atom stereocenters. The molecule has 1 aromatic rings. The second kappa shape index (κ2) is 8.02. The number of carbonyl (C=O) groups is 1. The molecular weight excluding hydrogens is 340 g/mol. The summed E-state index contributed by atoms with van der Waals surface area (Å²) in [4.78, 5) is 11.6. The van der Waals surface area contributed by atoms with Crippen LogP contribution in [0.3, 0.4) is 0 Å². The van der Waals surface area contributed by atoms with Gasteiger partial charge in [-0.1, -0.05) is 30.3 Å². The number of hydrogen-bond acceptors (Lipinski definition) is 7. The number of carbonyl (C=O) groups excluding carboxylic acids is 1. The van der Waals surface area contributed by atoms with Crippen molar-refractivity contribution >= 4 is 5.97 Å². The molecule has 2 saturated heterocycles. The number of esters is 1. The van der Waals surface area contributed by atoms with Gasteiger partial charge in [0.05, 0.1) is 13.2 Å². The van der Waals surface area contributed by atoms with E-state index in [4.69, 9.17) is 28.4 Å². The van der Waals surface area contributed by atoms with Crippen molar-refractivity contribution in [2.24, 2.45) is 0 Å². The lowest BCUT2D eigenvalue weighted by Crippen LogP contribution is -2.45. The molecule has 0 radical (unpaired) electrons. The quantitative estimate of drug-likeness (QED) is 0.684. The molecule has 0 amide bonds. The highest BCUT2D eigenvalue weighted by Gasteiger charge is 2.57. The molecule has 2 fully saturated rings. The predicted molar refractivity (Wildman–Crippen MR) is 91.1 cm³/mol. The van der Waals surface area contributed by atoms with E-state index in [1.165, 1.54) is 6.92 Å². The molecule has 7 nitrogen and oxygen atoms in total. The van der Waals surface area contributed by atoms with Crippen molar-refractivity contribution in [3.8, 4) is 0 Å². The summed E-state index contributed by atoms with van der Waals surface area (Å²) >= 11 is 0. The van der Waals surface area contributed by atoms with Gasteiger partial charge in [0.1, 0.15) is 18.3 Å². The van der Waals surface area contributed by atoms with Gasteiger partial charge in [-0.05, 0) is 19.4 Å². The monoisotopic (exact) mass is 366 g/mol. The molecule has 1 aromatic carbocycles. The van der Waals surface area contributed by atoms with Crippen molar-refractivity contribution in [3.05, 3.63) is 35.9 Å². The van der Waals surface area contributed by atoms with Gasteiger partial charge >= 0.3 is 5.97 Å². The first-order valence-electron chi connectivity index (χ1n) is 8.72. The van der Waals surface area contributed by atoms with Gasteiger partial charge in [0.2, 0.25) is 0 Å². The van der Waals surface area contributed by atoms with Crippen molar-refractivity contribution in [2.45, 2.75) is 63.9 Å². The Bertz CT molecular complexity index is 603. The third kappa shape index (κ3) is 4.42. The van der Waals surface area contributed by atoms with Crippen LogP contribution in [0.1, 0.15) is 26.3 Å². The highest BCUT2D eigenvalue weighted by Crippen LogP contribution is 2.39. The van der Waals surface area contributed by atoms with Crippen molar-refractivity contribution in [2.75, 3.05) is 13.7 Å². The average molecular weight is 366 g/mol. The van der Waals surface area contributed by atoms with E-state index < -0.39 is 36.4 Å². The van der Waals surface area contributed by atoms with Crippen LogP contribution in [0, 0.1) is 0 Å². The normalized spacial score (nSPS) is 30.8. The maximum Gasteiger partial charge on any atom is 0.303 e. The fraction of sp³-hybridized carbons (Fsp3) is 0.632. The smallest absolute Gasteiger partial charge is 0.303 e. The van der Waals surface area contributed by atoms with Crippen LogP contribution in [0.2, 0.25) is 0 Å². The Morgan fingerprint density at radius 1 is 1.23 bits per heavy atom. The highest BCUT2D eigenvalue weighted by molar-refractivity contribution is 5.66. The lowest BCUT2D eigenvalue weighted by molar-refractivity contribution is -0.233. The maximum atomic E-state index is 11.6. The molecular formula is C19H26O7. The SMILES string of the molecule is CO[C@H]1[C@H]2OC(C)(C)O[C@H]2O[C@@H]1[C@H](COCc1ccccc1)OC(C)=O. The molecule has 0 saturated carbocycles. The minimum Gasteiger partial charge on any atom is -0.457 e. The van der Waals surface area contributed by atoms with E-state index in [-0.39, 0.29) is 12.7 Å². The zero-order chi connectivity index (χ0) is 18.7. The van der Waals surface area contributed by atoms with Gasteiger partial charge in [0.25, 0.3) is 0 Å². The van der Waals surface area contributed by atoms with Gasteiger partial charge in [-0.3, -0.25) is 4.79 Å². The molecule has 144 valence electrons. The largest absolute Gasteiger partial charge is 0.457 e. The van der Waals surface area contributed by atoms with E-state index in [1.807, 2.05) is 44.2 Å². The van der Waals surface area contributed by atoms with E-state index in [9.17, 15) is 4.79 Å². The summed E-state index contributed by atoms with van der Waals surface area (Å²) in [7, 11) is 1.58. The predicted octanol–water partition coefficient (Wildman–Crippen LogP) is 2.03. The van der Waals surface area contributed by atoms with E-state index in [2.05, 4.69) is 0 Å². The van der Waals surface area contributed by atoms with Gasteiger partial charge in [-0.25, -0.2) is 0 Å². The topological polar surface area (TPSA) is 72.5 Å². The molecule has 0 aliphatic carbocycles. The Morgan fingerprint density at radius 3 is 2.62 bits per heavy atom. The first kappa shape index (κ1) is 19.3. The molecule has 0 spiro atoms. The minimum atomic E-state index is -0.738. The Labute approximate surface area is 153 Å². The van der Waals surface area contributed by atoms with Crippen LogP contribution in [0.15, 0.2) is 30.3 Å². The number of ether oxygens (including phenoxy) is 6. The summed E-state index contributed by atoms with van der Waals surface area (Å²) in [6, 6.07) is 9.78. The van der Waals surface area contributed by atoms with E-state index >= 15 is 0 Å². The van der Waals surface area contributed by atoms with E-state index in [0.29, 0.717) is 6.61 Å². The molecule has 2 aliphatic rings. The second-order valence-corrected chi connectivity index (χ2v) is 6.92. The van der Waals surface area contributed by atoms with Gasteiger partial charge in [-0.15, -0.1) is 0 Å². The van der Waals surface area contributed by atoms with Gasteiger partial charge in [0, 0.05) is 14.0 Å². The van der Waals surface area contributed by atoms with E-state index in [1.54, 1.807) is 7.11 Å². The fourth-order valence-electron chi connectivity index (χ4n) is 3.35. The van der Waals surface area contributed by atoms with E-state index in [0.717, 1.165) is 5.56 Å². The summed E-state index contributed by atoms with van der Waals surface area (Å²) in [6.45, 7) is 5.60. The summed E-state index contributed by atoms with van der Waals surface area (Å²) in [5, 5.41) is 0. The molecule has 0 aromatic heterocycles. The summed E-state index contributed by atoms with van der Waals surface area (Å²) in [5.41, 5.74) is 1.04. The fourth-order valence-corrected chi connectivity index (χ4v) is 3.35. The Morgan fingerprint density at radius 2 is 1.96 bits per heavy atom. The first-order valence-corrected chi connectivity index (χ1v) is 8.72. The molecule has 2 heterocycles. The van der Waals surface area contributed by atoms with Gasteiger partial charge < -0.3 is 28.4 Å². The van der Waals surface area contributed by atoms with Crippen molar-refractivity contribution in [3.63, 3.8) is 0 Å². The molecule has 26 heavy (non-hydrogen) atoms. The molecule has 2 aliphatic heterocycles. The van der Waals surface area contributed by atoms with Crippen LogP contribution in [-0.2, 0) is 39.8 Å². The van der Waals surface area contributed by atoms with Gasteiger partial charge in [0.15, 0.2) is 18.2 Å². The Kier molecular flexibility index (Phi) is 5.94. The third-order valence-electron chi connectivity index (χ3n) is 4.38. The Hall–Kier alpha value is -1.51. The second-order valence-electron chi connectivity index (χ2n) is 6.92. The molecule has 0 N–H and O–H groups in total. The first-order chi connectivity index (χ1) is 12.4. The number of benzene rings is 1.